The van der Waals surface area contributed by atoms with E-state index in [4.69, 9.17) is 10.2 Å². The van der Waals surface area contributed by atoms with Crippen molar-refractivity contribution in [1.29, 1.82) is 0 Å². The molecule has 1 saturated heterocycles. The molecule has 11 heavy (non-hydrogen) atoms. The highest BCUT2D eigenvalue weighted by molar-refractivity contribution is 6.11. The van der Waals surface area contributed by atoms with Crippen molar-refractivity contribution in [3.8, 4) is 0 Å². The van der Waals surface area contributed by atoms with Crippen LogP contribution >= 0.6 is 0 Å². The SMILES string of the molecule is O=CC1(O)C(=O)OC(=O)C1O. The van der Waals surface area contributed by atoms with Crippen molar-refractivity contribution in [2.45, 2.75) is 11.7 Å². The van der Waals surface area contributed by atoms with Crippen molar-refractivity contribution in [3.63, 3.8) is 0 Å². The zero-order valence-corrected chi connectivity index (χ0v) is 5.18. The van der Waals surface area contributed by atoms with E-state index < -0.39 is 23.6 Å². The summed E-state index contributed by atoms with van der Waals surface area (Å²) >= 11 is 0. The molecular formula is C5H4O6. The molecule has 0 amide bonds. The summed E-state index contributed by atoms with van der Waals surface area (Å²) in [5, 5.41) is 17.6. The second kappa shape index (κ2) is 2.11. The highest BCUT2D eigenvalue weighted by Crippen LogP contribution is 2.19. The smallest absolute Gasteiger partial charge is 0.356 e. The predicted octanol–water partition coefficient (Wildman–Crippen LogP) is -2.64. The molecule has 0 bridgehead atoms. The number of ether oxygens (including phenoxy) is 1. The third kappa shape index (κ3) is 0.837. The molecule has 1 aliphatic rings. The fourth-order valence-corrected chi connectivity index (χ4v) is 0.633. The number of carbonyl (C=O) groups excluding carboxylic acids is 3. The third-order valence-electron chi connectivity index (χ3n) is 1.34. The largest absolute Gasteiger partial charge is 0.389 e. The molecule has 0 aliphatic carbocycles. The Balaban J connectivity index is 3.05. The monoisotopic (exact) mass is 160 g/mol. The molecule has 2 unspecified atom stereocenters. The van der Waals surface area contributed by atoms with Gasteiger partial charge in [-0.2, -0.15) is 0 Å². The van der Waals surface area contributed by atoms with Gasteiger partial charge in [-0.25, -0.2) is 9.59 Å². The lowest BCUT2D eigenvalue weighted by atomic mass is 10.0. The molecule has 6 nitrogen and oxygen atoms in total. The molecule has 0 spiro atoms. The highest BCUT2D eigenvalue weighted by Gasteiger charge is 2.57. The molecule has 6 heteroatoms. The van der Waals surface area contributed by atoms with Crippen molar-refractivity contribution >= 4 is 18.2 Å². The summed E-state index contributed by atoms with van der Waals surface area (Å²) in [5.74, 6) is -2.75. The van der Waals surface area contributed by atoms with Crippen molar-refractivity contribution in [1.82, 2.24) is 0 Å². The number of esters is 2. The number of aliphatic hydroxyl groups is 2. The van der Waals surface area contributed by atoms with Crippen LogP contribution in [-0.4, -0.2) is 40.1 Å². The summed E-state index contributed by atoms with van der Waals surface area (Å²) < 4.78 is 3.77. The first-order chi connectivity index (χ1) is 5.02. The molecule has 0 radical (unpaired) electrons. The Labute approximate surface area is 60.4 Å². The van der Waals surface area contributed by atoms with Crippen LogP contribution in [0, 0.1) is 0 Å². The summed E-state index contributed by atoms with van der Waals surface area (Å²) in [6, 6.07) is 0. The Morgan fingerprint density at radius 1 is 1.55 bits per heavy atom. The van der Waals surface area contributed by atoms with E-state index in [0.29, 0.717) is 0 Å². The van der Waals surface area contributed by atoms with Crippen LogP contribution in [0.15, 0.2) is 0 Å². The summed E-state index contributed by atoms with van der Waals surface area (Å²) in [6.45, 7) is 0. The summed E-state index contributed by atoms with van der Waals surface area (Å²) in [7, 11) is 0. The highest BCUT2D eigenvalue weighted by atomic mass is 16.6. The van der Waals surface area contributed by atoms with Crippen molar-refractivity contribution in [3.05, 3.63) is 0 Å². The van der Waals surface area contributed by atoms with Crippen LogP contribution in [0.4, 0.5) is 0 Å². The first kappa shape index (κ1) is 7.83. The van der Waals surface area contributed by atoms with Crippen molar-refractivity contribution < 1.29 is 29.3 Å². The van der Waals surface area contributed by atoms with E-state index in [1.165, 1.54) is 0 Å². The number of hydrogen-bond acceptors (Lipinski definition) is 6. The zero-order chi connectivity index (χ0) is 8.65. The van der Waals surface area contributed by atoms with Gasteiger partial charge in [0.25, 0.3) is 5.60 Å². The van der Waals surface area contributed by atoms with Crippen LogP contribution in [0.25, 0.3) is 0 Å². The van der Waals surface area contributed by atoms with Crippen LogP contribution < -0.4 is 0 Å². The third-order valence-corrected chi connectivity index (χ3v) is 1.34. The van der Waals surface area contributed by atoms with Gasteiger partial charge in [-0.05, 0) is 0 Å². The van der Waals surface area contributed by atoms with Crippen LogP contribution in [0.2, 0.25) is 0 Å². The zero-order valence-electron chi connectivity index (χ0n) is 5.18. The molecule has 0 aromatic heterocycles. The average molecular weight is 160 g/mol. The van der Waals surface area contributed by atoms with Crippen LogP contribution in [0.5, 0.6) is 0 Å². The van der Waals surface area contributed by atoms with Gasteiger partial charge in [-0.3, -0.25) is 4.79 Å². The number of cyclic esters (lactones) is 2. The van der Waals surface area contributed by atoms with Gasteiger partial charge in [0.15, 0.2) is 12.4 Å². The molecule has 1 heterocycles. The molecule has 60 valence electrons. The van der Waals surface area contributed by atoms with Gasteiger partial charge in [0.1, 0.15) is 0 Å². The summed E-state index contributed by atoms with van der Waals surface area (Å²) in [5.41, 5.74) is -2.71. The number of aliphatic hydroxyl groups excluding tert-OH is 1. The van der Waals surface area contributed by atoms with Gasteiger partial charge in [0.05, 0.1) is 0 Å². The second-order valence-electron chi connectivity index (χ2n) is 2.05. The van der Waals surface area contributed by atoms with E-state index in [2.05, 4.69) is 4.74 Å². The quantitative estimate of drug-likeness (QED) is 0.247. The summed E-state index contributed by atoms with van der Waals surface area (Å²) in [6.07, 6.45) is -2.34. The lowest BCUT2D eigenvalue weighted by Gasteiger charge is -2.10. The molecule has 1 rings (SSSR count). The number of hydrogen-bond donors (Lipinski definition) is 2. The van der Waals surface area contributed by atoms with E-state index in [9.17, 15) is 14.4 Å². The minimum absolute atomic E-state index is 0.231. The maximum absolute atomic E-state index is 10.5. The molecule has 0 aromatic carbocycles. The van der Waals surface area contributed by atoms with Crippen LogP contribution in [-0.2, 0) is 19.1 Å². The predicted molar refractivity (Wildman–Crippen MR) is 28.1 cm³/mol. The standard InChI is InChI=1S/C5H4O6/c6-1-5(10)2(7)3(8)11-4(5)9/h1-2,7,10H. The fraction of sp³-hybridized carbons (Fsp3) is 0.400. The lowest BCUT2D eigenvalue weighted by molar-refractivity contribution is -0.159. The van der Waals surface area contributed by atoms with Gasteiger partial charge in [0.2, 0.25) is 0 Å². The van der Waals surface area contributed by atoms with Crippen molar-refractivity contribution in [2.75, 3.05) is 0 Å². The number of aldehydes is 1. The number of carbonyl (C=O) groups is 3. The minimum atomic E-state index is -2.71. The molecular weight excluding hydrogens is 156 g/mol. The van der Waals surface area contributed by atoms with Gasteiger partial charge in [0, 0.05) is 0 Å². The van der Waals surface area contributed by atoms with Gasteiger partial charge in [-0.15, -0.1) is 0 Å². The second-order valence-corrected chi connectivity index (χ2v) is 2.05. The molecule has 0 saturated carbocycles. The van der Waals surface area contributed by atoms with Crippen LogP contribution in [0.3, 0.4) is 0 Å². The molecule has 2 N–H and O–H groups in total. The Kier molecular flexibility index (Phi) is 1.50. The average Bonchev–Trinajstić information content (AvgIpc) is 2.16. The van der Waals surface area contributed by atoms with E-state index >= 15 is 0 Å². The normalized spacial score (nSPS) is 37.1. The first-order valence-corrected chi connectivity index (χ1v) is 2.65. The van der Waals surface area contributed by atoms with Gasteiger partial charge >= 0.3 is 11.9 Å². The number of rotatable bonds is 1. The minimum Gasteiger partial charge on any atom is -0.389 e. The van der Waals surface area contributed by atoms with E-state index in [1.54, 1.807) is 0 Å². The Morgan fingerprint density at radius 3 is 2.27 bits per heavy atom. The first-order valence-electron chi connectivity index (χ1n) is 2.65. The molecule has 1 aliphatic heterocycles. The Bertz CT molecular complexity index is 233. The van der Waals surface area contributed by atoms with Gasteiger partial charge < -0.3 is 14.9 Å². The van der Waals surface area contributed by atoms with Crippen LogP contribution in [0.1, 0.15) is 0 Å². The molecule has 2 atom stereocenters. The molecule has 0 aromatic rings. The van der Waals surface area contributed by atoms with E-state index in [0.717, 1.165) is 0 Å². The fourth-order valence-electron chi connectivity index (χ4n) is 0.633. The molecule has 1 fully saturated rings. The Hall–Kier alpha value is -1.27. The topological polar surface area (TPSA) is 101 Å². The van der Waals surface area contributed by atoms with Crippen molar-refractivity contribution in [2.24, 2.45) is 0 Å². The lowest BCUT2D eigenvalue weighted by Crippen LogP contribution is -2.46. The van der Waals surface area contributed by atoms with E-state index in [1.807, 2.05) is 0 Å². The van der Waals surface area contributed by atoms with Gasteiger partial charge in [-0.1, -0.05) is 0 Å². The maximum atomic E-state index is 10.5. The summed E-state index contributed by atoms with van der Waals surface area (Å²) in [4.78, 5) is 30.8. The Morgan fingerprint density at radius 2 is 2.09 bits per heavy atom. The van der Waals surface area contributed by atoms with E-state index in [-0.39, 0.29) is 6.29 Å². The maximum Gasteiger partial charge on any atom is 0.356 e.